The van der Waals surface area contributed by atoms with E-state index in [1.54, 1.807) is 0 Å². The molecule has 0 bridgehead atoms. The van der Waals surface area contributed by atoms with Gasteiger partial charge in [-0.15, -0.1) is 0 Å². The molecular formula is C12H5ClF13I. The molecule has 0 atom stereocenters. The van der Waals surface area contributed by atoms with E-state index in [9.17, 15) is 57.1 Å². The summed E-state index contributed by atoms with van der Waals surface area (Å²) in [6, 6.07) is 4.36. The van der Waals surface area contributed by atoms with Gasteiger partial charge in [0.15, 0.2) is 0 Å². The van der Waals surface area contributed by atoms with Gasteiger partial charge in [0.1, 0.15) is 0 Å². The van der Waals surface area contributed by atoms with Crippen LogP contribution in [0.25, 0.3) is 0 Å². The van der Waals surface area contributed by atoms with Gasteiger partial charge in [-0.3, -0.25) is 0 Å². The zero-order valence-electron chi connectivity index (χ0n) is 12.1. The van der Waals surface area contributed by atoms with Gasteiger partial charge in [0.05, 0.1) is 0 Å². The summed E-state index contributed by atoms with van der Waals surface area (Å²) in [5, 5.41) is 0. The van der Waals surface area contributed by atoms with E-state index in [1.807, 2.05) is 0 Å². The van der Waals surface area contributed by atoms with Crippen LogP contribution < -0.4 is 0 Å². The fourth-order valence-electron chi connectivity index (χ4n) is 1.52. The molecule has 0 spiro atoms. The first-order valence-corrected chi connectivity index (χ1v) is 11.0. The molecule has 0 radical (unpaired) electrons. The summed E-state index contributed by atoms with van der Waals surface area (Å²) in [4.78, 5) is 0. The summed E-state index contributed by atoms with van der Waals surface area (Å²) in [6.45, 7) is 0. The van der Waals surface area contributed by atoms with Crippen LogP contribution in [0, 0.1) is 3.57 Å². The van der Waals surface area contributed by atoms with E-state index in [-0.39, 0.29) is 0 Å². The van der Waals surface area contributed by atoms with Crippen LogP contribution in [-0.2, 0) is 0 Å². The Morgan fingerprint density at radius 2 is 0.926 bits per heavy atom. The first kappa shape index (κ1) is 24.4. The van der Waals surface area contributed by atoms with E-state index in [0.717, 1.165) is 18.2 Å². The molecule has 0 unspecified atom stereocenters. The molecule has 0 aliphatic heterocycles. The Morgan fingerprint density at radius 3 is 1.30 bits per heavy atom. The topological polar surface area (TPSA) is 0 Å². The minimum atomic E-state index is -7.91. The predicted octanol–water partition coefficient (Wildman–Crippen LogP) is 7.21. The van der Waals surface area contributed by atoms with Crippen molar-refractivity contribution in [3.63, 3.8) is 0 Å². The normalized spacial score (nSPS) is 15.7. The average Bonchev–Trinajstić information content (AvgIpc) is 2.53. The number of hydrogen-bond donors (Lipinski definition) is 0. The summed E-state index contributed by atoms with van der Waals surface area (Å²) in [5.41, 5.74) is 0. The van der Waals surface area contributed by atoms with E-state index < -0.39 is 56.1 Å². The first-order valence-electron chi connectivity index (χ1n) is 6.14. The molecule has 1 aromatic carbocycles. The Labute approximate surface area is 152 Å². The van der Waals surface area contributed by atoms with Crippen molar-refractivity contribution in [2.75, 3.05) is 0 Å². The quantitative estimate of drug-likeness (QED) is 0.197. The molecule has 0 amide bonds. The Kier molecular flexibility index (Phi) is 6.30. The van der Waals surface area contributed by atoms with E-state index >= 15 is 0 Å². The van der Waals surface area contributed by atoms with Crippen LogP contribution in [0.2, 0.25) is 0 Å². The Balaban J connectivity index is 3.50. The molecular weight excluding hydrogens is 553 g/mol. The van der Waals surface area contributed by atoms with Gasteiger partial charge >= 0.3 is 152 Å². The van der Waals surface area contributed by atoms with Gasteiger partial charge in [0.25, 0.3) is 0 Å². The summed E-state index contributed by atoms with van der Waals surface area (Å²) >= 11 is -5.32. The van der Waals surface area contributed by atoms with Gasteiger partial charge in [-0.2, -0.15) is 0 Å². The molecule has 0 aliphatic carbocycles. The van der Waals surface area contributed by atoms with E-state index in [0.29, 0.717) is 12.1 Å². The molecule has 0 N–H and O–H groups in total. The SMILES string of the molecule is FC(F)(F)C(F)(F)C(F)(F)C(F)(F)C(F)(F)C(F)(F)I(Cl)c1ccccc1. The Bertz CT molecular complexity index is 655. The molecule has 0 nitrogen and oxygen atoms in total. The van der Waals surface area contributed by atoms with Crippen LogP contribution in [0.4, 0.5) is 57.1 Å². The molecule has 0 saturated carbocycles. The predicted molar refractivity (Wildman–Crippen MR) is 75.8 cm³/mol. The molecule has 0 saturated heterocycles. The number of halogens is 15. The van der Waals surface area contributed by atoms with E-state index in [2.05, 4.69) is 0 Å². The number of alkyl halides is 14. The van der Waals surface area contributed by atoms with Crippen molar-refractivity contribution in [2.45, 2.75) is 33.8 Å². The van der Waals surface area contributed by atoms with Crippen LogP contribution in [0.5, 0.6) is 0 Å². The van der Waals surface area contributed by atoms with Gasteiger partial charge in [-0.25, -0.2) is 0 Å². The summed E-state index contributed by atoms with van der Waals surface area (Å²) in [5.74, 6) is -30.8. The van der Waals surface area contributed by atoms with E-state index in [1.165, 1.54) is 0 Å². The molecule has 0 heterocycles. The summed E-state index contributed by atoms with van der Waals surface area (Å²) < 4.78 is 162. The molecule has 0 aliphatic rings. The molecule has 0 aromatic heterocycles. The van der Waals surface area contributed by atoms with Crippen LogP contribution >= 0.6 is 27.6 Å². The molecule has 1 rings (SSSR count). The standard InChI is InChI=1S/C12H5ClF13I/c13-27(6-4-2-1-3-5-6)12(25,26)10(20,21)8(16,17)7(14,15)9(18,19)11(22,23)24/h1-5H. The zero-order chi connectivity index (χ0) is 21.7. The van der Waals surface area contributed by atoms with Crippen molar-refractivity contribution in [2.24, 2.45) is 0 Å². The van der Waals surface area contributed by atoms with Crippen molar-refractivity contribution in [1.82, 2.24) is 0 Å². The van der Waals surface area contributed by atoms with Crippen molar-refractivity contribution < 1.29 is 57.1 Å². The van der Waals surface area contributed by atoms with E-state index in [4.69, 9.17) is 8.91 Å². The molecule has 1 aromatic rings. The molecule has 0 fully saturated rings. The Hall–Kier alpha value is -0.670. The second-order valence-corrected chi connectivity index (χ2v) is 10.7. The third kappa shape index (κ3) is 3.55. The van der Waals surface area contributed by atoms with Crippen LogP contribution in [0.15, 0.2) is 30.3 Å². The summed E-state index contributed by atoms with van der Waals surface area (Å²) in [7, 11) is 5.08. The monoisotopic (exact) mass is 558 g/mol. The number of rotatable bonds is 6. The van der Waals surface area contributed by atoms with Crippen molar-refractivity contribution >= 4 is 27.6 Å². The van der Waals surface area contributed by atoms with Crippen LogP contribution in [0.1, 0.15) is 0 Å². The fourth-order valence-corrected chi connectivity index (χ4v) is 5.52. The third-order valence-corrected chi connectivity index (χ3v) is 9.02. The zero-order valence-corrected chi connectivity index (χ0v) is 15.0. The van der Waals surface area contributed by atoms with Gasteiger partial charge in [-0.1, -0.05) is 0 Å². The van der Waals surface area contributed by atoms with Gasteiger partial charge in [-0.05, 0) is 0 Å². The number of benzene rings is 1. The van der Waals surface area contributed by atoms with Gasteiger partial charge < -0.3 is 0 Å². The van der Waals surface area contributed by atoms with Crippen LogP contribution in [0.3, 0.4) is 0 Å². The van der Waals surface area contributed by atoms with Gasteiger partial charge in [0.2, 0.25) is 0 Å². The number of hydrogen-bond acceptors (Lipinski definition) is 0. The second-order valence-electron chi connectivity index (χ2n) is 4.83. The van der Waals surface area contributed by atoms with Crippen molar-refractivity contribution in [1.29, 1.82) is 0 Å². The Morgan fingerprint density at radius 1 is 0.556 bits per heavy atom. The van der Waals surface area contributed by atoms with Crippen molar-refractivity contribution in [3.05, 3.63) is 33.9 Å². The maximum absolute atomic E-state index is 13.8. The second kappa shape index (κ2) is 6.99. The maximum atomic E-state index is 13.8. The minimum absolute atomic E-state index is 0.655. The molecule has 158 valence electrons. The average molecular weight is 559 g/mol. The van der Waals surface area contributed by atoms with Crippen molar-refractivity contribution in [3.8, 4) is 0 Å². The van der Waals surface area contributed by atoms with Gasteiger partial charge in [0, 0.05) is 0 Å². The molecule has 27 heavy (non-hydrogen) atoms. The molecule has 15 heteroatoms. The first-order chi connectivity index (χ1) is 11.8. The third-order valence-electron chi connectivity index (χ3n) is 3.03. The van der Waals surface area contributed by atoms with Crippen LogP contribution in [-0.4, -0.2) is 33.8 Å². The fraction of sp³-hybridized carbons (Fsp3) is 0.500. The summed E-state index contributed by atoms with van der Waals surface area (Å²) in [6.07, 6.45) is -7.43.